The van der Waals surface area contributed by atoms with Gasteiger partial charge in [-0.1, -0.05) is 18.2 Å². The first-order valence-electron chi connectivity index (χ1n) is 7.76. The van der Waals surface area contributed by atoms with Gasteiger partial charge in [-0.25, -0.2) is 0 Å². The summed E-state index contributed by atoms with van der Waals surface area (Å²) in [6, 6.07) is 4.27. The predicted molar refractivity (Wildman–Crippen MR) is 84.8 cm³/mol. The van der Waals surface area contributed by atoms with Gasteiger partial charge in [0.2, 0.25) is 0 Å². The molecule has 0 radical (unpaired) electrons. The van der Waals surface area contributed by atoms with Gasteiger partial charge >= 0.3 is 0 Å². The van der Waals surface area contributed by atoms with Crippen molar-refractivity contribution < 1.29 is 4.74 Å². The summed E-state index contributed by atoms with van der Waals surface area (Å²) in [6.07, 6.45) is 4.98. The third kappa shape index (κ3) is 3.84. The fourth-order valence-electron chi connectivity index (χ4n) is 2.36. The fraction of sp³-hybridized carbons (Fsp3) is 0.529. The lowest BCUT2D eigenvalue weighted by Crippen LogP contribution is -2.01. The molecule has 1 heterocycles. The van der Waals surface area contributed by atoms with Gasteiger partial charge in [-0.05, 0) is 62.8 Å². The Bertz CT molecular complexity index is 590. The van der Waals surface area contributed by atoms with Crippen LogP contribution in [0.3, 0.4) is 0 Å². The van der Waals surface area contributed by atoms with Crippen molar-refractivity contribution in [3.05, 3.63) is 40.7 Å². The molecule has 0 atom stereocenters. The topological polar surface area (TPSA) is 39.9 Å². The predicted octanol–water partition coefficient (Wildman–Crippen LogP) is 3.49. The van der Waals surface area contributed by atoms with Crippen molar-refractivity contribution in [2.45, 2.75) is 53.5 Å². The Hall–Kier alpha value is -1.84. The second-order valence-corrected chi connectivity index (χ2v) is 5.39. The maximum absolute atomic E-state index is 5.78. The van der Waals surface area contributed by atoms with Crippen LogP contribution in [0.5, 0.6) is 5.75 Å². The molecule has 0 saturated carbocycles. The summed E-state index contributed by atoms with van der Waals surface area (Å²) in [5.74, 6) is 1.01. The third-order valence-electron chi connectivity index (χ3n) is 3.87. The zero-order valence-electron chi connectivity index (χ0n) is 13.5. The molecule has 1 aromatic heterocycles. The zero-order chi connectivity index (χ0) is 15.2. The van der Waals surface area contributed by atoms with Crippen molar-refractivity contribution in [3.63, 3.8) is 0 Å². The van der Waals surface area contributed by atoms with Gasteiger partial charge < -0.3 is 4.74 Å². The number of hydrogen-bond donors (Lipinski definition) is 0. The first kappa shape index (κ1) is 15.5. The molecule has 0 saturated heterocycles. The maximum Gasteiger partial charge on any atom is 0.122 e. The molecular weight excluding hydrogens is 262 g/mol. The maximum atomic E-state index is 5.78. The normalized spacial score (nSPS) is 10.9. The van der Waals surface area contributed by atoms with Gasteiger partial charge in [-0.3, -0.25) is 4.68 Å². The molecule has 4 heteroatoms. The molecular formula is C17H25N3O. The number of aryl methyl sites for hydroxylation is 3. The lowest BCUT2D eigenvalue weighted by molar-refractivity contribution is 0.315. The van der Waals surface area contributed by atoms with Crippen LogP contribution in [0, 0.1) is 13.8 Å². The first-order chi connectivity index (χ1) is 10.2. The van der Waals surface area contributed by atoms with Crippen LogP contribution >= 0.6 is 0 Å². The van der Waals surface area contributed by atoms with Crippen molar-refractivity contribution >= 4 is 0 Å². The molecule has 0 N–H and O–H groups in total. The first-order valence-corrected chi connectivity index (χ1v) is 7.76. The molecule has 0 aliphatic rings. The molecule has 0 unspecified atom stereocenters. The molecule has 0 aliphatic carbocycles. The number of ether oxygens (including phenoxy) is 1. The Morgan fingerprint density at radius 3 is 2.57 bits per heavy atom. The van der Waals surface area contributed by atoms with Crippen molar-refractivity contribution in [1.29, 1.82) is 0 Å². The number of hydrogen-bond acceptors (Lipinski definition) is 3. The number of aromatic nitrogens is 3. The van der Waals surface area contributed by atoms with E-state index in [0.717, 1.165) is 43.9 Å². The summed E-state index contributed by atoms with van der Waals surface area (Å²) in [5.41, 5.74) is 4.99. The van der Waals surface area contributed by atoms with Crippen molar-refractivity contribution in [2.75, 3.05) is 6.61 Å². The highest BCUT2D eigenvalue weighted by molar-refractivity contribution is 5.43. The lowest BCUT2D eigenvalue weighted by Gasteiger charge is -2.13. The van der Waals surface area contributed by atoms with Gasteiger partial charge in [-0.15, -0.1) is 5.10 Å². The molecule has 0 aliphatic heterocycles. The van der Waals surface area contributed by atoms with Crippen LogP contribution in [0.2, 0.25) is 0 Å². The molecule has 2 aromatic rings. The van der Waals surface area contributed by atoms with E-state index >= 15 is 0 Å². The monoisotopic (exact) mass is 287 g/mol. The zero-order valence-corrected chi connectivity index (χ0v) is 13.5. The number of benzene rings is 1. The van der Waals surface area contributed by atoms with E-state index in [0.29, 0.717) is 0 Å². The lowest BCUT2D eigenvalue weighted by atomic mass is 9.98. The highest BCUT2D eigenvalue weighted by Crippen LogP contribution is 2.25. The number of rotatable bonds is 7. The van der Waals surface area contributed by atoms with E-state index in [4.69, 9.17) is 4.74 Å². The molecule has 2 rings (SSSR count). The largest absolute Gasteiger partial charge is 0.493 e. The van der Waals surface area contributed by atoms with E-state index in [1.54, 1.807) is 0 Å². The summed E-state index contributed by atoms with van der Waals surface area (Å²) in [6.45, 7) is 10.2. The van der Waals surface area contributed by atoms with Crippen LogP contribution < -0.4 is 4.74 Å². The van der Waals surface area contributed by atoms with E-state index in [1.165, 1.54) is 16.7 Å². The standard InChI is InChI=1S/C17H25N3O/c1-5-11-21-17-10-8-15(13(3)14(17)4)7-9-16-12-20(6-2)19-18-16/h8,10,12H,5-7,9,11H2,1-4H3. The van der Waals surface area contributed by atoms with E-state index < -0.39 is 0 Å². The summed E-state index contributed by atoms with van der Waals surface area (Å²) in [4.78, 5) is 0. The SMILES string of the molecule is CCCOc1ccc(CCc2cn(CC)nn2)c(C)c1C. The van der Waals surface area contributed by atoms with E-state index in [1.807, 2.05) is 10.9 Å². The van der Waals surface area contributed by atoms with Gasteiger partial charge in [0.05, 0.1) is 12.3 Å². The van der Waals surface area contributed by atoms with Crippen molar-refractivity contribution in [2.24, 2.45) is 0 Å². The van der Waals surface area contributed by atoms with Crippen molar-refractivity contribution in [3.8, 4) is 5.75 Å². The van der Waals surface area contributed by atoms with Gasteiger partial charge in [0.1, 0.15) is 5.75 Å². The van der Waals surface area contributed by atoms with E-state index in [-0.39, 0.29) is 0 Å². The Morgan fingerprint density at radius 1 is 1.10 bits per heavy atom. The van der Waals surface area contributed by atoms with Gasteiger partial charge in [-0.2, -0.15) is 0 Å². The summed E-state index contributed by atoms with van der Waals surface area (Å²) in [5, 5.41) is 8.28. The Kier molecular flexibility index (Phi) is 5.37. The smallest absolute Gasteiger partial charge is 0.122 e. The van der Waals surface area contributed by atoms with Gasteiger partial charge in [0.15, 0.2) is 0 Å². The average Bonchev–Trinajstić information content (AvgIpc) is 2.96. The summed E-state index contributed by atoms with van der Waals surface area (Å²) >= 11 is 0. The number of nitrogens with zero attached hydrogens (tertiary/aromatic N) is 3. The second kappa shape index (κ2) is 7.25. The second-order valence-electron chi connectivity index (χ2n) is 5.39. The minimum Gasteiger partial charge on any atom is -0.493 e. The fourth-order valence-corrected chi connectivity index (χ4v) is 2.36. The van der Waals surface area contributed by atoms with Crippen LogP contribution in [0.15, 0.2) is 18.3 Å². The molecule has 0 amide bonds. The minimum atomic E-state index is 0.778. The molecule has 1 aromatic carbocycles. The quantitative estimate of drug-likeness (QED) is 0.782. The molecule has 114 valence electrons. The van der Waals surface area contributed by atoms with Crippen LogP contribution in [0.1, 0.15) is 42.7 Å². The average molecular weight is 287 g/mol. The minimum absolute atomic E-state index is 0.778. The Balaban J connectivity index is 2.04. The van der Waals surface area contributed by atoms with Crippen LogP contribution in [0.25, 0.3) is 0 Å². The van der Waals surface area contributed by atoms with Crippen LogP contribution in [-0.4, -0.2) is 21.6 Å². The van der Waals surface area contributed by atoms with E-state index in [9.17, 15) is 0 Å². The molecule has 0 fully saturated rings. The van der Waals surface area contributed by atoms with Gasteiger partial charge in [0, 0.05) is 12.7 Å². The third-order valence-corrected chi connectivity index (χ3v) is 3.87. The Labute approximate surface area is 127 Å². The molecule has 0 spiro atoms. The summed E-state index contributed by atoms with van der Waals surface area (Å²) < 4.78 is 7.65. The van der Waals surface area contributed by atoms with Crippen LogP contribution in [0.4, 0.5) is 0 Å². The Morgan fingerprint density at radius 2 is 1.90 bits per heavy atom. The van der Waals surface area contributed by atoms with Crippen molar-refractivity contribution in [1.82, 2.24) is 15.0 Å². The highest BCUT2D eigenvalue weighted by atomic mass is 16.5. The van der Waals surface area contributed by atoms with E-state index in [2.05, 4.69) is 50.1 Å². The molecule has 4 nitrogen and oxygen atoms in total. The summed E-state index contributed by atoms with van der Waals surface area (Å²) in [7, 11) is 0. The highest BCUT2D eigenvalue weighted by Gasteiger charge is 2.08. The van der Waals surface area contributed by atoms with Crippen LogP contribution in [-0.2, 0) is 19.4 Å². The molecule has 21 heavy (non-hydrogen) atoms. The molecule has 0 bridgehead atoms. The van der Waals surface area contributed by atoms with Gasteiger partial charge in [0.25, 0.3) is 0 Å².